The number of nitrogens with zero attached hydrogens (tertiary/aromatic N) is 3. The molecule has 4 saturated heterocycles. The lowest BCUT2D eigenvalue weighted by Gasteiger charge is -2.46. The molecule has 14 heteroatoms. The van der Waals surface area contributed by atoms with Crippen LogP contribution in [-0.4, -0.2) is 95.0 Å². The van der Waals surface area contributed by atoms with E-state index in [1.165, 1.54) is 16.4 Å². The van der Waals surface area contributed by atoms with Crippen LogP contribution < -0.4 is 10.9 Å². The third kappa shape index (κ3) is 9.03. The van der Waals surface area contributed by atoms with Gasteiger partial charge in [0, 0.05) is 62.8 Å². The second-order valence-corrected chi connectivity index (χ2v) is 17.4. The fraction of sp³-hybridized carbons (Fsp3) is 0.370. The van der Waals surface area contributed by atoms with Gasteiger partial charge >= 0.3 is 5.97 Å². The van der Waals surface area contributed by atoms with E-state index < -0.39 is 22.4 Å². The summed E-state index contributed by atoms with van der Waals surface area (Å²) in [6.07, 6.45) is 2.07. The highest BCUT2D eigenvalue weighted by molar-refractivity contribution is 7.69. The summed E-state index contributed by atoms with van der Waals surface area (Å²) in [5.41, 5.74) is 3.60. The number of aromatic hydroxyl groups is 1. The Morgan fingerprint density at radius 2 is 1.50 bits per heavy atom. The van der Waals surface area contributed by atoms with Gasteiger partial charge in [-0.2, -0.15) is 4.31 Å². The molecule has 60 heavy (non-hydrogen) atoms. The molecule has 4 N–H and O–H groups in total. The number of amides is 1. The van der Waals surface area contributed by atoms with Crippen LogP contribution in [0.25, 0.3) is 10.9 Å². The summed E-state index contributed by atoms with van der Waals surface area (Å²) in [4.78, 5) is 46.3. The number of aromatic nitrogens is 1. The Morgan fingerprint density at radius 1 is 0.850 bits per heavy atom. The van der Waals surface area contributed by atoms with Gasteiger partial charge in [-0.25, -0.2) is 8.42 Å². The number of aliphatic hydroxyl groups is 1. The molecule has 0 radical (unpaired) electrons. The first-order valence-electron chi connectivity index (χ1n) is 20.6. The van der Waals surface area contributed by atoms with Gasteiger partial charge in [0.1, 0.15) is 11.9 Å². The van der Waals surface area contributed by atoms with Crippen LogP contribution in [-0.2, 0) is 45.5 Å². The molecule has 4 aromatic carbocycles. The van der Waals surface area contributed by atoms with Gasteiger partial charge in [-0.15, -0.1) is 0 Å². The number of aromatic amines is 1. The van der Waals surface area contributed by atoms with Gasteiger partial charge in [-0.3, -0.25) is 19.3 Å². The molecule has 1 aromatic heterocycles. The van der Waals surface area contributed by atoms with Crippen molar-refractivity contribution in [3.63, 3.8) is 0 Å². The molecule has 4 aliphatic rings. The Morgan fingerprint density at radius 3 is 2.13 bits per heavy atom. The van der Waals surface area contributed by atoms with Crippen molar-refractivity contribution in [3.8, 4) is 5.75 Å². The maximum atomic E-state index is 14.0. The summed E-state index contributed by atoms with van der Waals surface area (Å²) in [6, 6.07) is 30.4. The Bertz CT molecular complexity index is 2430. The Hall–Kier alpha value is -5.38. The lowest BCUT2D eigenvalue weighted by atomic mass is 9.72. The number of fused-ring (bicyclic) bond motifs is 4. The van der Waals surface area contributed by atoms with E-state index in [2.05, 4.69) is 15.2 Å². The van der Waals surface area contributed by atoms with Crippen molar-refractivity contribution in [2.24, 2.45) is 5.92 Å². The number of carbonyl (C=O) groups is 2. The van der Waals surface area contributed by atoms with E-state index in [4.69, 9.17) is 4.74 Å². The fourth-order valence-electron chi connectivity index (χ4n) is 9.06. The predicted octanol–water partition coefficient (Wildman–Crippen LogP) is 4.40. The average Bonchev–Trinajstić information content (AvgIpc) is 3.27. The monoisotopic (exact) mass is 833 g/mol. The van der Waals surface area contributed by atoms with E-state index >= 15 is 0 Å². The van der Waals surface area contributed by atoms with Crippen LogP contribution in [0.4, 0.5) is 0 Å². The molecule has 13 nitrogen and oxygen atoms in total. The number of hydrogen-bond donors (Lipinski definition) is 5. The predicted molar refractivity (Wildman–Crippen MR) is 228 cm³/mol. The molecular formula is C46H51N5O8S. The number of esters is 1. The van der Waals surface area contributed by atoms with E-state index in [-0.39, 0.29) is 54.4 Å². The number of piperidine rings is 4. The number of pyridine rings is 1. The van der Waals surface area contributed by atoms with Crippen molar-refractivity contribution < 1.29 is 33.0 Å². The summed E-state index contributed by atoms with van der Waals surface area (Å²) < 4.78 is 32.3. The molecule has 1 amide bonds. The molecule has 0 saturated carbocycles. The van der Waals surface area contributed by atoms with Crippen LogP contribution in [0, 0.1) is 5.92 Å². The van der Waals surface area contributed by atoms with Crippen molar-refractivity contribution in [2.75, 3.05) is 39.3 Å². The molecule has 314 valence electrons. The molecule has 9 rings (SSSR count). The topological polar surface area (TPSA) is 173 Å². The van der Waals surface area contributed by atoms with E-state index in [1.807, 2.05) is 54.6 Å². The lowest BCUT2D eigenvalue weighted by Crippen LogP contribution is -2.55. The zero-order chi connectivity index (χ0) is 41.8. The van der Waals surface area contributed by atoms with Crippen molar-refractivity contribution in [1.82, 2.24) is 24.4 Å². The number of benzene rings is 4. The Labute approximate surface area is 350 Å². The van der Waals surface area contributed by atoms with Gasteiger partial charge < -0.3 is 30.2 Å². The largest absolute Gasteiger partial charge is 0.506 e. The van der Waals surface area contributed by atoms with Gasteiger partial charge in [-0.05, 0) is 96.8 Å². The van der Waals surface area contributed by atoms with Gasteiger partial charge in [-0.1, -0.05) is 72.8 Å². The number of nitrogens with one attached hydrogen (secondary N) is 2. The number of ether oxygens (including phenoxy) is 1. The Kier molecular flexibility index (Phi) is 12.5. The van der Waals surface area contributed by atoms with Crippen LogP contribution in [0.2, 0.25) is 0 Å². The fourth-order valence-corrected chi connectivity index (χ4v) is 9.61. The third-order valence-corrected chi connectivity index (χ3v) is 13.3. The highest BCUT2D eigenvalue weighted by Crippen LogP contribution is 2.39. The van der Waals surface area contributed by atoms with Gasteiger partial charge in [0.05, 0.1) is 17.0 Å². The molecule has 4 fully saturated rings. The smallest absolute Gasteiger partial charge is 0.317 e. The van der Waals surface area contributed by atoms with E-state index in [1.54, 1.807) is 41.3 Å². The van der Waals surface area contributed by atoms with Crippen molar-refractivity contribution in [1.29, 1.82) is 0 Å². The molecule has 4 aliphatic heterocycles. The quantitative estimate of drug-likeness (QED) is 0.0799. The summed E-state index contributed by atoms with van der Waals surface area (Å²) >= 11 is 0. The number of phenols is 1. The number of carbonyl (C=O) groups excluding carboxylic acids is 2. The van der Waals surface area contributed by atoms with E-state index in [0.29, 0.717) is 54.9 Å². The summed E-state index contributed by atoms with van der Waals surface area (Å²) in [5.74, 6) is 0.0197. The molecule has 5 aromatic rings. The minimum atomic E-state index is -2.90. The summed E-state index contributed by atoms with van der Waals surface area (Å²) in [6.45, 7) is 4.72. The number of aliphatic hydroxyl groups excluding tert-OH is 1. The van der Waals surface area contributed by atoms with E-state index in [9.17, 15) is 33.0 Å². The molecule has 2 atom stereocenters. The van der Waals surface area contributed by atoms with Crippen molar-refractivity contribution >= 4 is 33.7 Å². The molecule has 5 heterocycles. The number of rotatable bonds is 14. The normalized spacial score (nSPS) is 20.4. The van der Waals surface area contributed by atoms with Crippen LogP contribution in [0.15, 0.2) is 108 Å². The molecular weight excluding hydrogens is 783 g/mol. The lowest BCUT2D eigenvalue weighted by molar-refractivity contribution is -0.167. The summed E-state index contributed by atoms with van der Waals surface area (Å²) in [5, 5.41) is 24.8. The minimum absolute atomic E-state index is 0.0718. The molecule has 0 aliphatic carbocycles. The van der Waals surface area contributed by atoms with Gasteiger partial charge in [0.25, 0.3) is 5.91 Å². The number of H-pyrrole nitrogens is 1. The number of hydrogen-bond acceptors (Lipinski definition) is 10. The maximum absolute atomic E-state index is 14.0. The Balaban J connectivity index is 0.838. The first kappa shape index (κ1) is 41.4. The third-order valence-electron chi connectivity index (χ3n) is 12.6. The molecule has 2 bridgehead atoms. The highest BCUT2D eigenvalue weighted by Gasteiger charge is 2.47. The average molecular weight is 834 g/mol. The minimum Gasteiger partial charge on any atom is -0.506 e. The first-order valence-corrected chi connectivity index (χ1v) is 21.8. The maximum Gasteiger partial charge on any atom is 0.317 e. The van der Waals surface area contributed by atoms with E-state index in [0.717, 1.165) is 54.7 Å². The zero-order valence-electron chi connectivity index (χ0n) is 33.4. The zero-order valence-corrected chi connectivity index (χ0v) is 34.3. The van der Waals surface area contributed by atoms with Crippen LogP contribution in [0.5, 0.6) is 5.75 Å². The summed E-state index contributed by atoms with van der Waals surface area (Å²) in [7, 11) is -2.90. The second kappa shape index (κ2) is 18.1. The SMILES string of the molecule is O=C(c1ccc(CN(Cc2ccc(CNC[C@H](O)c3ccc(O)c4[nH]c(=O)ccc34)cc2)[SH](=O)=O)cc1)N1CCC(C(=O)O[C@H]2CN3CCC2CC3)(c2ccccc2)CC1. The number of phenolic OH excluding ortho intramolecular Hbond substituents is 1. The number of thiol groups is 1. The van der Waals surface area contributed by atoms with Gasteiger partial charge in [0.15, 0.2) is 0 Å². The van der Waals surface area contributed by atoms with Gasteiger partial charge in [0.2, 0.25) is 16.4 Å². The van der Waals surface area contributed by atoms with Crippen molar-refractivity contribution in [2.45, 2.75) is 62.9 Å². The highest BCUT2D eigenvalue weighted by atomic mass is 32.2. The van der Waals surface area contributed by atoms with Crippen LogP contribution in [0.1, 0.15) is 70.0 Å². The van der Waals surface area contributed by atoms with Crippen LogP contribution >= 0.6 is 0 Å². The van der Waals surface area contributed by atoms with Crippen molar-refractivity contribution in [3.05, 3.63) is 147 Å². The number of likely N-dealkylation sites (tertiary alicyclic amines) is 1. The molecule has 0 unspecified atom stereocenters. The standard InChI is InChI=1S/C46H51N5O8S/c52-39-16-14-37(38-15-17-42(54)48-43(38)39)40(53)27-47-26-31-6-8-32(9-7-31)28-51(60(57)58)29-33-10-12-35(13-11-33)44(55)50-24-20-46(21-25-50,36-4-2-1-3-5-36)45(56)59-41-30-49-22-18-34(41)19-23-49/h1-17,34,40-41,47,52-53,60H,18-30H2,(H,48,54)/t40-,41-/m0/s1. The first-order chi connectivity index (χ1) is 29.1. The van der Waals surface area contributed by atoms with Crippen LogP contribution in [0.3, 0.4) is 0 Å². The second-order valence-electron chi connectivity index (χ2n) is 16.3. The molecule has 0 spiro atoms.